The Morgan fingerprint density at radius 2 is 2.25 bits per heavy atom. The Hall–Kier alpha value is -2.18. The lowest BCUT2D eigenvalue weighted by Gasteiger charge is -2.31. The number of halogens is 2. The number of alkyl halides is 2. The molecule has 1 saturated heterocycles. The Morgan fingerprint density at radius 1 is 1.45 bits per heavy atom. The van der Waals surface area contributed by atoms with Crippen molar-refractivity contribution in [1.29, 1.82) is 0 Å². The fourth-order valence-corrected chi connectivity index (χ4v) is 2.40. The first-order valence-corrected chi connectivity index (χ1v) is 6.28. The number of benzene rings is 1. The summed E-state index contributed by atoms with van der Waals surface area (Å²) in [5.74, 6) is -3.37. The zero-order chi connectivity index (χ0) is 14.3. The smallest absolute Gasteiger partial charge is 0.298 e. The molecule has 20 heavy (non-hydrogen) atoms. The highest BCUT2D eigenvalue weighted by Gasteiger charge is 2.37. The monoisotopic (exact) mass is 281 g/mol. The van der Waals surface area contributed by atoms with Gasteiger partial charge in [0.25, 0.3) is 17.8 Å². The molecule has 0 spiro atoms. The number of oxazole rings is 1. The van der Waals surface area contributed by atoms with Crippen LogP contribution in [0.25, 0.3) is 11.1 Å². The summed E-state index contributed by atoms with van der Waals surface area (Å²) in [6.07, 6.45) is 0.241. The van der Waals surface area contributed by atoms with Crippen molar-refractivity contribution in [2.45, 2.75) is 18.8 Å². The molecule has 2 N–H and O–H groups in total. The maximum absolute atomic E-state index is 13.4. The molecule has 5 nitrogen and oxygen atoms in total. The Morgan fingerprint density at radius 3 is 2.95 bits per heavy atom. The molecule has 7 heteroatoms. The molecule has 1 fully saturated rings. The van der Waals surface area contributed by atoms with E-state index in [4.69, 9.17) is 10.2 Å². The summed E-state index contributed by atoms with van der Waals surface area (Å²) in [7, 11) is 0. The molecule has 106 valence electrons. The third-order valence-corrected chi connectivity index (χ3v) is 3.34. The van der Waals surface area contributed by atoms with E-state index in [1.807, 2.05) is 0 Å². The normalized spacial score (nSPS) is 18.4. The number of piperidine rings is 1. The van der Waals surface area contributed by atoms with Gasteiger partial charge in [0.05, 0.1) is 12.1 Å². The van der Waals surface area contributed by atoms with Gasteiger partial charge in [0.1, 0.15) is 5.52 Å². The third kappa shape index (κ3) is 2.19. The molecule has 3 rings (SSSR count). The van der Waals surface area contributed by atoms with Crippen LogP contribution in [0.15, 0.2) is 22.6 Å². The van der Waals surface area contributed by atoms with Crippen LogP contribution in [0.4, 0.5) is 14.8 Å². The number of hydrogen-bond donors (Lipinski definition) is 1. The van der Waals surface area contributed by atoms with Crippen LogP contribution in [0.1, 0.15) is 23.2 Å². The SMILES string of the molecule is NC(=O)c1cccc2oc(N3CCCC(F)(F)C3)nc12. The zero-order valence-corrected chi connectivity index (χ0v) is 10.6. The van der Waals surface area contributed by atoms with Crippen molar-refractivity contribution in [1.82, 2.24) is 4.98 Å². The maximum atomic E-state index is 13.4. The summed E-state index contributed by atoms with van der Waals surface area (Å²) in [4.78, 5) is 16.9. The minimum Gasteiger partial charge on any atom is -0.423 e. The number of nitrogens with zero attached hydrogens (tertiary/aromatic N) is 2. The summed E-state index contributed by atoms with van der Waals surface area (Å²) < 4.78 is 32.3. The first-order chi connectivity index (χ1) is 9.46. The summed E-state index contributed by atoms with van der Waals surface area (Å²) >= 11 is 0. The van der Waals surface area contributed by atoms with Crippen molar-refractivity contribution in [3.05, 3.63) is 23.8 Å². The van der Waals surface area contributed by atoms with Crippen LogP contribution >= 0.6 is 0 Å². The van der Waals surface area contributed by atoms with Gasteiger partial charge in [0.15, 0.2) is 5.58 Å². The highest BCUT2D eigenvalue weighted by Crippen LogP contribution is 2.31. The lowest BCUT2D eigenvalue weighted by Crippen LogP contribution is -2.42. The number of rotatable bonds is 2. The number of amides is 1. The summed E-state index contributed by atoms with van der Waals surface area (Å²) in [5.41, 5.74) is 6.15. The number of carbonyl (C=O) groups excluding carboxylic acids is 1. The van der Waals surface area contributed by atoms with E-state index in [9.17, 15) is 13.6 Å². The molecule has 0 unspecified atom stereocenters. The Labute approximate surface area is 113 Å². The molecule has 1 aromatic heterocycles. The van der Waals surface area contributed by atoms with Gasteiger partial charge in [0.2, 0.25) is 0 Å². The minimum atomic E-state index is -2.74. The number of nitrogens with two attached hydrogens (primary N) is 1. The molecule has 0 saturated carbocycles. The average Bonchev–Trinajstić information content (AvgIpc) is 2.80. The fourth-order valence-electron chi connectivity index (χ4n) is 2.40. The summed E-state index contributed by atoms with van der Waals surface area (Å²) in [6, 6.07) is 4.87. The second-order valence-corrected chi connectivity index (χ2v) is 4.89. The van der Waals surface area contributed by atoms with E-state index in [2.05, 4.69) is 4.98 Å². The lowest BCUT2D eigenvalue weighted by molar-refractivity contribution is -0.0127. The molecule has 0 bridgehead atoms. The Balaban J connectivity index is 2.01. The summed E-state index contributed by atoms with van der Waals surface area (Å²) in [6.45, 7) is 0.0278. The van der Waals surface area contributed by atoms with Crippen molar-refractivity contribution >= 4 is 23.0 Å². The molecule has 0 aliphatic carbocycles. The third-order valence-electron chi connectivity index (χ3n) is 3.34. The highest BCUT2D eigenvalue weighted by atomic mass is 19.3. The van der Waals surface area contributed by atoms with E-state index < -0.39 is 18.4 Å². The first kappa shape index (κ1) is 12.8. The second kappa shape index (κ2) is 4.43. The first-order valence-electron chi connectivity index (χ1n) is 6.28. The van der Waals surface area contributed by atoms with Crippen LogP contribution in [-0.2, 0) is 0 Å². The number of aromatic nitrogens is 1. The van der Waals surface area contributed by atoms with Crippen molar-refractivity contribution in [3.8, 4) is 0 Å². The van der Waals surface area contributed by atoms with Gasteiger partial charge in [0, 0.05) is 13.0 Å². The van der Waals surface area contributed by atoms with Crippen molar-refractivity contribution < 1.29 is 18.0 Å². The van der Waals surface area contributed by atoms with E-state index in [1.165, 1.54) is 11.0 Å². The summed E-state index contributed by atoms with van der Waals surface area (Å²) in [5, 5.41) is 0. The second-order valence-electron chi connectivity index (χ2n) is 4.89. The van der Waals surface area contributed by atoms with Crippen LogP contribution < -0.4 is 10.6 Å². The van der Waals surface area contributed by atoms with Crippen LogP contribution in [0.2, 0.25) is 0 Å². The van der Waals surface area contributed by atoms with E-state index in [-0.39, 0.29) is 18.0 Å². The standard InChI is InChI=1S/C13H13F2N3O2/c14-13(15)5-2-6-18(7-13)12-17-10-8(11(16)19)3-1-4-9(10)20-12/h1,3-4H,2,5-7H2,(H2,16,19). The molecule has 2 aromatic rings. The van der Waals surface area contributed by atoms with Crippen LogP contribution in [0.3, 0.4) is 0 Å². The van der Waals surface area contributed by atoms with Gasteiger partial charge in [-0.25, -0.2) is 8.78 Å². The number of hydrogen-bond acceptors (Lipinski definition) is 4. The number of carbonyl (C=O) groups is 1. The average molecular weight is 281 g/mol. The minimum absolute atomic E-state index is 0.105. The van der Waals surface area contributed by atoms with Gasteiger partial charge in [-0.1, -0.05) is 6.07 Å². The van der Waals surface area contributed by atoms with Crippen molar-refractivity contribution in [2.75, 3.05) is 18.0 Å². The molecule has 2 heterocycles. The van der Waals surface area contributed by atoms with Gasteiger partial charge >= 0.3 is 0 Å². The zero-order valence-electron chi connectivity index (χ0n) is 10.6. The lowest BCUT2D eigenvalue weighted by atomic mass is 10.1. The van der Waals surface area contributed by atoms with Crippen LogP contribution in [0, 0.1) is 0 Å². The van der Waals surface area contributed by atoms with Gasteiger partial charge in [-0.15, -0.1) is 0 Å². The Bertz CT molecular complexity index is 669. The van der Waals surface area contributed by atoms with Crippen molar-refractivity contribution in [3.63, 3.8) is 0 Å². The molecule has 1 aromatic carbocycles. The molecule has 0 radical (unpaired) electrons. The van der Waals surface area contributed by atoms with E-state index in [1.54, 1.807) is 12.1 Å². The number of para-hydroxylation sites is 1. The molecule has 0 atom stereocenters. The largest absolute Gasteiger partial charge is 0.423 e. The van der Waals surface area contributed by atoms with Crippen molar-refractivity contribution in [2.24, 2.45) is 5.73 Å². The van der Waals surface area contributed by atoms with Gasteiger partial charge < -0.3 is 15.1 Å². The predicted octanol–water partition coefficient (Wildman–Crippen LogP) is 2.16. The number of primary amides is 1. The molecule has 1 aliphatic heterocycles. The molecular weight excluding hydrogens is 268 g/mol. The molecule has 1 aliphatic rings. The number of anilines is 1. The van der Waals surface area contributed by atoms with E-state index in [0.29, 0.717) is 24.1 Å². The quantitative estimate of drug-likeness (QED) is 0.915. The van der Waals surface area contributed by atoms with E-state index in [0.717, 1.165) is 0 Å². The van der Waals surface area contributed by atoms with Gasteiger partial charge in [-0.2, -0.15) is 4.98 Å². The van der Waals surface area contributed by atoms with Crippen LogP contribution in [-0.4, -0.2) is 29.9 Å². The van der Waals surface area contributed by atoms with Gasteiger partial charge in [-0.3, -0.25) is 4.79 Å². The van der Waals surface area contributed by atoms with Crippen LogP contribution in [0.5, 0.6) is 0 Å². The predicted molar refractivity (Wildman–Crippen MR) is 68.9 cm³/mol. The topological polar surface area (TPSA) is 72.4 Å². The Kier molecular flexibility index (Phi) is 2.84. The maximum Gasteiger partial charge on any atom is 0.298 e. The number of fused-ring (bicyclic) bond motifs is 1. The molecule has 1 amide bonds. The molecular formula is C13H13F2N3O2. The highest BCUT2D eigenvalue weighted by molar-refractivity contribution is 6.03. The van der Waals surface area contributed by atoms with Gasteiger partial charge in [-0.05, 0) is 18.6 Å². The fraction of sp³-hybridized carbons (Fsp3) is 0.385. The van der Waals surface area contributed by atoms with E-state index >= 15 is 0 Å².